The Balaban J connectivity index is 1.97. The van der Waals surface area contributed by atoms with Gasteiger partial charge >= 0.3 is 0 Å². The van der Waals surface area contributed by atoms with Gasteiger partial charge in [0.25, 0.3) is 0 Å². The summed E-state index contributed by atoms with van der Waals surface area (Å²) in [5.74, 6) is -0.725. The normalized spacial score (nSPS) is 18.4. The summed E-state index contributed by atoms with van der Waals surface area (Å²) in [5.41, 5.74) is 7.96. The molecule has 1 heterocycles. The predicted octanol–water partition coefficient (Wildman–Crippen LogP) is 3.25. The van der Waals surface area contributed by atoms with Crippen molar-refractivity contribution in [3.05, 3.63) is 78.0 Å². The van der Waals surface area contributed by atoms with E-state index in [2.05, 4.69) is 0 Å². The molecule has 2 atom stereocenters. The summed E-state index contributed by atoms with van der Waals surface area (Å²) in [6, 6.07) is 19.5. The molecule has 2 aromatic rings. The van der Waals surface area contributed by atoms with Crippen molar-refractivity contribution in [3.63, 3.8) is 0 Å². The SMILES string of the molecule is CC(CC1=CC(c2ccccc2)N(c2ccccc2)N1O)C(N)=O. The highest BCUT2D eigenvalue weighted by atomic mass is 16.6. The maximum atomic E-state index is 11.4. The average molecular weight is 323 g/mol. The van der Waals surface area contributed by atoms with Crippen molar-refractivity contribution < 1.29 is 10.0 Å². The van der Waals surface area contributed by atoms with Crippen LogP contribution in [0, 0.1) is 5.92 Å². The van der Waals surface area contributed by atoms with Gasteiger partial charge < -0.3 is 5.73 Å². The highest BCUT2D eigenvalue weighted by Crippen LogP contribution is 2.38. The number of para-hydroxylation sites is 1. The molecular weight excluding hydrogens is 302 g/mol. The molecule has 1 amide bonds. The van der Waals surface area contributed by atoms with Crippen LogP contribution in [0.15, 0.2) is 72.4 Å². The quantitative estimate of drug-likeness (QED) is 0.886. The van der Waals surface area contributed by atoms with Gasteiger partial charge in [-0.2, -0.15) is 5.17 Å². The van der Waals surface area contributed by atoms with E-state index < -0.39 is 0 Å². The van der Waals surface area contributed by atoms with Crippen LogP contribution in [0.25, 0.3) is 0 Å². The van der Waals surface area contributed by atoms with Crippen LogP contribution in [0.2, 0.25) is 0 Å². The lowest BCUT2D eigenvalue weighted by Crippen LogP contribution is -2.37. The lowest BCUT2D eigenvalue weighted by atomic mass is 10.0. The third-order valence-corrected chi connectivity index (χ3v) is 4.24. The molecule has 0 saturated heterocycles. The first-order chi connectivity index (χ1) is 11.6. The van der Waals surface area contributed by atoms with Crippen LogP contribution >= 0.6 is 0 Å². The lowest BCUT2D eigenvalue weighted by molar-refractivity contribution is -0.122. The average Bonchev–Trinajstić information content (AvgIpc) is 2.93. The number of hydroxylamine groups is 1. The van der Waals surface area contributed by atoms with Crippen molar-refractivity contribution in [2.75, 3.05) is 5.01 Å². The van der Waals surface area contributed by atoms with Gasteiger partial charge in [0, 0.05) is 12.3 Å². The van der Waals surface area contributed by atoms with Crippen molar-refractivity contribution >= 4 is 11.6 Å². The molecule has 1 aliphatic rings. The van der Waals surface area contributed by atoms with Crippen molar-refractivity contribution in [1.29, 1.82) is 0 Å². The summed E-state index contributed by atoms with van der Waals surface area (Å²) in [7, 11) is 0. The maximum absolute atomic E-state index is 11.4. The number of amides is 1. The van der Waals surface area contributed by atoms with Gasteiger partial charge in [0.1, 0.15) is 0 Å². The van der Waals surface area contributed by atoms with Crippen molar-refractivity contribution in [2.24, 2.45) is 11.7 Å². The first kappa shape index (κ1) is 16.1. The predicted molar refractivity (Wildman–Crippen MR) is 92.8 cm³/mol. The zero-order valence-electron chi connectivity index (χ0n) is 13.5. The van der Waals surface area contributed by atoms with E-state index in [0.717, 1.165) is 16.4 Å². The van der Waals surface area contributed by atoms with Crippen LogP contribution in [-0.4, -0.2) is 16.3 Å². The Morgan fingerprint density at radius 3 is 2.29 bits per heavy atom. The van der Waals surface area contributed by atoms with Gasteiger partial charge in [-0.1, -0.05) is 55.5 Å². The number of benzene rings is 2. The number of allylic oxidation sites excluding steroid dienone is 1. The number of hydrazine groups is 1. The molecule has 0 aromatic heterocycles. The van der Waals surface area contributed by atoms with E-state index in [4.69, 9.17) is 5.73 Å². The number of carbonyl (C=O) groups excluding carboxylic acids is 1. The van der Waals surface area contributed by atoms with E-state index in [-0.39, 0.29) is 17.9 Å². The molecule has 1 aliphatic heterocycles. The van der Waals surface area contributed by atoms with Gasteiger partial charge in [-0.15, -0.1) is 0 Å². The number of carbonyl (C=O) groups is 1. The Bertz CT molecular complexity index is 731. The molecule has 0 spiro atoms. The molecule has 2 aromatic carbocycles. The topological polar surface area (TPSA) is 69.8 Å². The third-order valence-electron chi connectivity index (χ3n) is 4.24. The molecule has 5 heteroatoms. The number of nitrogens with zero attached hydrogens (tertiary/aromatic N) is 2. The summed E-state index contributed by atoms with van der Waals surface area (Å²) in [5, 5.41) is 13.6. The molecule has 124 valence electrons. The minimum absolute atomic E-state index is 0.145. The Labute approximate surface area is 141 Å². The largest absolute Gasteiger partial charge is 0.369 e. The zero-order valence-corrected chi connectivity index (χ0v) is 13.5. The van der Waals surface area contributed by atoms with Gasteiger partial charge in [0.2, 0.25) is 5.91 Å². The molecule has 3 rings (SSSR count). The van der Waals surface area contributed by atoms with Gasteiger partial charge in [-0.05, 0) is 23.8 Å². The fraction of sp³-hybridized carbons (Fsp3) is 0.211. The van der Waals surface area contributed by atoms with Crippen LogP contribution < -0.4 is 10.7 Å². The van der Waals surface area contributed by atoms with Crippen molar-refractivity contribution in [1.82, 2.24) is 5.17 Å². The van der Waals surface area contributed by atoms with E-state index in [1.807, 2.05) is 66.7 Å². The van der Waals surface area contributed by atoms with Crippen LogP contribution in [-0.2, 0) is 4.79 Å². The smallest absolute Gasteiger partial charge is 0.220 e. The fourth-order valence-corrected chi connectivity index (χ4v) is 2.88. The molecule has 0 radical (unpaired) electrons. The lowest BCUT2D eigenvalue weighted by Gasteiger charge is -2.33. The van der Waals surface area contributed by atoms with Crippen molar-refractivity contribution in [2.45, 2.75) is 19.4 Å². The molecule has 0 fully saturated rings. The second-order valence-corrected chi connectivity index (χ2v) is 5.99. The fourth-order valence-electron chi connectivity index (χ4n) is 2.88. The molecule has 24 heavy (non-hydrogen) atoms. The van der Waals surface area contributed by atoms with E-state index in [0.29, 0.717) is 12.1 Å². The molecule has 0 saturated carbocycles. The van der Waals surface area contributed by atoms with E-state index in [1.165, 1.54) is 0 Å². The molecule has 0 aliphatic carbocycles. The van der Waals surface area contributed by atoms with Crippen LogP contribution in [0.4, 0.5) is 5.69 Å². The number of anilines is 1. The van der Waals surface area contributed by atoms with Gasteiger partial charge in [-0.25, -0.2) is 0 Å². The van der Waals surface area contributed by atoms with Crippen LogP contribution in [0.5, 0.6) is 0 Å². The van der Waals surface area contributed by atoms with E-state index in [1.54, 1.807) is 11.9 Å². The standard InChI is InChI=1S/C19H21N3O2/c1-14(19(20)23)12-17-13-18(15-8-4-2-5-9-15)21(22(17)24)16-10-6-3-7-11-16/h2-11,13-14,18,24H,12H2,1H3,(H2,20,23). The van der Waals surface area contributed by atoms with Gasteiger partial charge in [0.05, 0.1) is 17.4 Å². The van der Waals surface area contributed by atoms with Crippen LogP contribution in [0.3, 0.4) is 0 Å². The zero-order chi connectivity index (χ0) is 17.1. The second-order valence-electron chi connectivity index (χ2n) is 5.99. The Morgan fingerprint density at radius 2 is 1.71 bits per heavy atom. The highest BCUT2D eigenvalue weighted by Gasteiger charge is 2.33. The number of hydrogen-bond acceptors (Lipinski definition) is 4. The maximum Gasteiger partial charge on any atom is 0.220 e. The second kappa shape index (κ2) is 6.76. The summed E-state index contributed by atoms with van der Waals surface area (Å²) in [6.07, 6.45) is 2.36. The first-order valence-electron chi connectivity index (χ1n) is 7.96. The van der Waals surface area contributed by atoms with Gasteiger partial charge in [0.15, 0.2) is 0 Å². The number of nitrogens with two attached hydrogens (primary N) is 1. The minimum atomic E-state index is -0.376. The van der Waals surface area contributed by atoms with E-state index in [9.17, 15) is 10.0 Å². The summed E-state index contributed by atoms with van der Waals surface area (Å²) in [4.78, 5) is 11.4. The Morgan fingerprint density at radius 1 is 1.12 bits per heavy atom. The highest BCUT2D eigenvalue weighted by molar-refractivity contribution is 5.76. The molecule has 2 unspecified atom stereocenters. The number of primary amides is 1. The van der Waals surface area contributed by atoms with Crippen molar-refractivity contribution in [3.8, 4) is 0 Å². The molecule has 3 N–H and O–H groups in total. The number of rotatable bonds is 5. The molecule has 0 bridgehead atoms. The Hall–Kier alpha value is -2.79. The number of hydrogen-bond donors (Lipinski definition) is 2. The molecule has 5 nitrogen and oxygen atoms in total. The first-order valence-corrected chi connectivity index (χ1v) is 7.96. The van der Waals surface area contributed by atoms with Crippen LogP contribution in [0.1, 0.15) is 24.9 Å². The molecular formula is C19H21N3O2. The monoisotopic (exact) mass is 323 g/mol. The summed E-state index contributed by atoms with van der Waals surface area (Å²) >= 11 is 0. The third kappa shape index (κ3) is 3.12. The van der Waals surface area contributed by atoms with Gasteiger partial charge in [-0.3, -0.25) is 15.0 Å². The van der Waals surface area contributed by atoms with E-state index >= 15 is 0 Å². The minimum Gasteiger partial charge on any atom is -0.369 e. The summed E-state index contributed by atoms with van der Waals surface area (Å²) in [6.45, 7) is 1.76. The summed E-state index contributed by atoms with van der Waals surface area (Å²) < 4.78 is 0. The Kier molecular flexibility index (Phi) is 4.53.